The lowest BCUT2D eigenvalue weighted by Gasteiger charge is -2.38. The number of carbonyl (C=O) groups excluding carboxylic acids is 2. The summed E-state index contributed by atoms with van der Waals surface area (Å²) in [7, 11) is 0. The molecule has 0 spiro atoms. The van der Waals surface area contributed by atoms with Crippen molar-refractivity contribution in [3.8, 4) is 0 Å². The molecule has 4 aromatic carbocycles. The van der Waals surface area contributed by atoms with Crippen molar-refractivity contribution in [2.75, 3.05) is 0 Å². The van der Waals surface area contributed by atoms with Crippen LogP contribution in [0.3, 0.4) is 0 Å². The number of ether oxygens (including phenoxy) is 2. The van der Waals surface area contributed by atoms with Crippen LogP contribution in [0.15, 0.2) is 115 Å². The summed E-state index contributed by atoms with van der Waals surface area (Å²) in [6, 6.07) is 36.0. The minimum Gasteiger partial charge on any atom is -0.455 e. The van der Waals surface area contributed by atoms with Gasteiger partial charge in [0.15, 0.2) is 0 Å². The summed E-state index contributed by atoms with van der Waals surface area (Å²) in [5, 5.41) is 2.83. The van der Waals surface area contributed by atoms with Crippen molar-refractivity contribution < 1.29 is 19.1 Å². The Morgan fingerprint density at radius 3 is 2.11 bits per heavy atom. The van der Waals surface area contributed by atoms with Gasteiger partial charge in [-0.15, -0.1) is 0 Å². The number of hydrogen-bond acceptors (Lipinski definition) is 4. The van der Waals surface area contributed by atoms with Gasteiger partial charge in [-0.25, -0.2) is 9.59 Å². The molecule has 0 radical (unpaired) electrons. The lowest BCUT2D eigenvalue weighted by atomic mass is 9.70. The molecule has 2 aliphatic carbocycles. The third-order valence-corrected chi connectivity index (χ3v) is 8.61. The van der Waals surface area contributed by atoms with Crippen molar-refractivity contribution in [2.45, 2.75) is 64.2 Å². The molecule has 44 heavy (non-hydrogen) atoms. The zero-order valence-electron chi connectivity index (χ0n) is 25.6. The molecular formula is C39H39NO4. The van der Waals surface area contributed by atoms with Crippen molar-refractivity contribution in [1.82, 2.24) is 5.32 Å². The van der Waals surface area contributed by atoms with E-state index in [9.17, 15) is 9.59 Å². The van der Waals surface area contributed by atoms with Crippen LogP contribution >= 0.6 is 0 Å². The molecule has 224 valence electrons. The van der Waals surface area contributed by atoms with Crippen molar-refractivity contribution in [3.05, 3.63) is 148 Å². The van der Waals surface area contributed by atoms with E-state index in [1.54, 1.807) is 20.8 Å². The molecule has 3 atom stereocenters. The molecule has 4 aromatic rings. The van der Waals surface area contributed by atoms with Crippen LogP contribution < -0.4 is 5.32 Å². The van der Waals surface area contributed by atoms with E-state index in [0.29, 0.717) is 6.42 Å². The summed E-state index contributed by atoms with van der Waals surface area (Å²) in [6.45, 7) is 5.41. The molecule has 0 saturated carbocycles. The number of hydrogen-bond donors (Lipinski definition) is 1. The van der Waals surface area contributed by atoms with Gasteiger partial charge in [0, 0.05) is 11.8 Å². The van der Waals surface area contributed by atoms with Crippen LogP contribution in [0, 0.1) is 5.41 Å². The van der Waals surface area contributed by atoms with E-state index in [-0.39, 0.29) is 6.42 Å². The summed E-state index contributed by atoms with van der Waals surface area (Å²) >= 11 is 0. The Kier molecular flexibility index (Phi) is 8.13. The van der Waals surface area contributed by atoms with Crippen LogP contribution in [0.2, 0.25) is 0 Å². The molecule has 6 rings (SSSR count). The van der Waals surface area contributed by atoms with Crippen molar-refractivity contribution >= 4 is 18.1 Å². The minimum atomic E-state index is -0.927. The second-order valence-corrected chi connectivity index (χ2v) is 12.9. The summed E-state index contributed by atoms with van der Waals surface area (Å²) < 4.78 is 12.2. The van der Waals surface area contributed by atoms with Gasteiger partial charge >= 0.3 is 12.1 Å². The van der Waals surface area contributed by atoms with Crippen molar-refractivity contribution in [1.29, 1.82) is 0 Å². The molecule has 1 N–H and O–H groups in total. The van der Waals surface area contributed by atoms with Crippen LogP contribution in [-0.4, -0.2) is 23.7 Å². The van der Waals surface area contributed by atoms with Crippen LogP contribution in [0.25, 0.3) is 6.08 Å². The maximum Gasteiger partial charge on any atom is 0.408 e. The third-order valence-electron chi connectivity index (χ3n) is 8.61. The molecule has 0 bridgehead atoms. The van der Waals surface area contributed by atoms with Gasteiger partial charge in [0.25, 0.3) is 0 Å². The highest BCUT2D eigenvalue weighted by molar-refractivity contribution is 5.82. The van der Waals surface area contributed by atoms with E-state index in [0.717, 1.165) is 24.0 Å². The van der Waals surface area contributed by atoms with Gasteiger partial charge in [-0.1, -0.05) is 121 Å². The molecule has 0 saturated heterocycles. The van der Waals surface area contributed by atoms with Gasteiger partial charge in [-0.2, -0.15) is 0 Å². The van der Waals surface area contributed by atoms with Gasteiger partial charge in [-0.05, 0) is 73.4 Å². The average Bonchev–Trinajstić information content (AvgIpc) is 3.57. The molecule has 0 heterocycles. The first kappa shape index (κ1) is 29.4. The fraction of sp³-hybridized carbons (Fsp3) is 0.282. The summed E-state index contributed by atoms with van der Waals surface area (Å²) in [6.07, 6.45) is 3.66. The van der Waals surface area contributed by atoms with Crippen molar-refractivity contribution in [3.63, 3.8) is 0 Å². The fourth-order valence-electron chi connectivity index (χ4n) is 6.66. The molecule has 5 nitrogen and oxygen atoms in total. The average molecular weight is 586 g/mol. The number of fused-ring (bicyclic) bond motifs is 2. The topological polar surface area (TPSA) is 64.6 Å². The Bertz CT molecular complexity index is 1670. The maximum atomic E-state index is 14.3. The predicted octanol–water partition coefficient (Wildman–Crippen LogP) is 7.83. The highest BCUT2D eigenvalue weighted by Crippen LogP contribution is 2.56. The zero-order chi connectivity index (χ0) is 30.7. The highest BCUT2D eigenvalue weighted by Gasteiger charge is 2.52. The van der Waals surface area contributed by atoms with E-state index in [1.807, 2.05) is 42.5 Å². The minimum absolute atomic E-state index is 0.285. The predicted molar refractivity (Wildman–Crippen MR) is 173 cm³/mol. The number of esters is 1. The summed E-state index contributed by atoms with van der Waals surface area (Å²) in [4.78, 5) is 27.2. The first-order valence-electron chi connectivity index (χ1n) is 15.3. The fourth-order valence-corrected chi connectivity index (χ4v) is 6.66. The van der Waals surface area contributed by atoms with Crippen molar-refractivity contribution in [2.24, 2.45) is 5.41 Å². The number of nitrogens with one attached hydrogen (secondary N) is 1. The van der Waals surface area contributed by atoms with Gasteiger partial charge in [0.2, 0.25) is 0 Å². The molecule has 0 aliphatic heterocycles. The van der Waals surface area contributed by atoms with Gasteiger partial charge in [0.05, 0.1) is 0 Å². The van der Waals surface area contributed by atoms with Crippen LogP contribution in [0.5, 0.6) is 0 Å². The molecule has 0 aromatic heterocycles. The van der Waals surface area contributed by atoms with Gasteiger partial charge in [0.1, 0.15) is 17.7 Å². The van der Waals surface area contributed by atoms with Gasteiger partial charge < -0.3 is 14.8 Å². The molecule has 0 fully saturated rings. The third kappa shape index (κ3) is 6.33. The first-order valence-corrected chi connectivity index (χ1v) is 15.3. The Hall–Kier alpha value is -4.64. The highest BCUT2D eigenvalue weighted by atomic mass is 16.6. The number of carbonyl (C=O) groups is 2. The Balaban J connectivity index is 1.39. The number of amides is 1. The first-order chi connectivity index (χ1) is 21.2. The van der Waals surface area contributed by atoms with Gasteiger partial charge in [-0.3, -0.25) is 0 Å². The Morgan fingerprint density at radius 1 is 0.818 bits per heavy atom. The monoisotopic (exact) mass is 585 g/mol. The molecule has 5 heteroatoms. The smallest absolute Gasteiger partial charge is 0.408 e. The standard InChI is InChI=1S/C39H39NO4/c1-38(2,3)44-37(42)40-34(22-27-14-6-4-7-15-27)36(41)43-35-33-21-13-12-20-31(33)26-39(35,25-28-16-8-5-9-17-28)32-23-29-18-10-11-19-30(29)24-32/h4-21,23,34-35H,22,24-26H2,1-3H3,(H,40,42)/t34-,35?,39?/m1/s1. The lowest BCUT2D eigenvalue weighted by molar-refractivity contribution is -0.157. The van der Waals surface area contributed by atoms with E-state index < -0.39 is 35.2 Å². The van der Waals surface area contributed by atoms with Crippen LogP contribution in [0.4, 0.5) is 4.79 Å². The molecule has 2 unspecified atom stereocenters. The van der Waals surface area contributed by atoms with E-state index in [2.05, 4.69) is 78.1 Å². The number of rotatable bonds is 8. The van der Waals surface area contributed by atoms with E-state index in [1.165, 1.54) is 27.8 Å². The molecule has 1 amide bonds. The summed E-state index contributed by atoms with van der Waals surface area (Å²) in [5.41, 5.74) is 6.85. The SMILES string of the molecule is CC(C)(C)OC(=O)N[C@H](Cc1ccccc1)C(=O)OC1c2ccccc2CC1(Cc1ccccc1)C1=Cc2ccccc2C1. The number of alkyl carbamates (subject to hydrolysis) is 1. The normalized spacial score (nSPS) is 19.3. The van der Waals surface area contributed by atoms with E-state index >= 15 is 0 Å². The molecular weight excluding hydrogens is 546 g/mol. The molecule has 2 aliphatic rings. The second kappa shape index (κ2) is 12.2. The second-order valence-electron chi connectivity index (χ2n) is 12.9. The quantitative estimate of drug-likeness (QED) is 0.214. The summed E-state index contributed by atoms with van der Waals surface area (Å²) in [5.74, 6) is -0.477. The zero-order valence-corrected chi connectivity index (χ0v) is 25.6. The largest absolute Gasteiger partial charge is 0.455 e. The van der Waals surface area contributed by atoms with E-state index in [4.69, 9.17) is 9.47 Å². The maximum absolute atomic E-state index is 14.3. The Morgan fingerprint density at radius 2 is 1.43 bits per heavy atom. The van der Waals surface area contributed by atoms with Crippen LogP contribution in [0.1, 0.15) is 60.3 Å². The van der Waals surface area contributed by atoms with Crippen LogP contribution in [-0.2, 0) is 40.0 Å². The Labute approximate surface area is 259 Å². The lowest BCUT2D eigenvalue weighted by Crippen LogP contribution is -2.46. The number of benzene rings is 4.